The smallest absolute Gasteiger partial charge is 0.0926 e. The van der Waals surface area contributed by atoms with Gasteiger partial charge < -0.3 is 9.64 Å². The second-order valence-corrected chi connectivity index (χ2v) is 3.67. The third-order valence-electron chi connectivity index (χ3n) is 2.41. The fraction of sp³-hybridized carbons (Fsp3) is 0.900. The van der Waals surface area contributed by atoms with Crippen LogP contribution in [0.2, 0.25) is 0 Å². The van der Waals surface area contributed by atoms with Crippen molar-refractivity contribution in [1.82, 2.24) is 4.90 Å². The zero-order chi connectivity index (χ0) is 9.68. The number of hydrogen-bond acceptors (Lipinski definition) is 2. The molecule has 1 aliphatic heterocycles. The van der Waals surface area contributed by atoms with E-state index in [0.717, 1.165) is 39.0 Å². The lowest BCUT2D eigenvalue weighted by Gasteiger charge is -2.33. The molecule has 76 valence electrons. The molecule has 1 unspecified atom stereocenters. The fourth-order valence-corrected chi connectivity index (χ4v) is 1.66. The maximum absolute atomic E-state index is 7.53. The van der Waals surface area contributed by atoms with E-state index in [0.29, 0.717) is 11.9 Å². The van der Waals surface area contributed by atoms with E-state index in [-0.39, 0.29) is 0 Å². The number of ether oxygens (including phenoxy) is 1. The van der Waals surface area contributed by atoms with E-state index in [1.807, 2.05) is 6.92 Å². The Balaban J connectivity index is 2.29. The minimum atomic E-state index is 0.356. The average Bonchev–Trinajstić information content (AvgIpc) is 2.15. The molecule has 0 radical (unpaired) electrons. The molecule has 0 amide bonds. The second kappa shape index (κ2) is 5.22. The Kier molecular flexibility index (Phi) is 4.22. The van der Waals surface area contributed by atoms with Gasteiger partial charge in [0.25, 0.3) is 0 Å². The van der Waals surface area contributed by atoms with Crippen molar-refractivity contribution in [3.63, 3.8) is 0 Å². The van der Waals surface area contributed by atoms with E-state index in [9.17, 15) is 0 Å². The largest absolute Gasteiger partial charge is 0.376 e. The van der Waals surface area contributed by atoms with Gasteiger partial charge in [0.2, 0.25) is 0 Å². The van der Waals surface area contributed by atoms with Crippen molar-refractivity contribution in [2.75, 3.05) is 19.7 Å². The number of likely N-dealkylation sites (tertiary alicyclic amines) is 1. The van der Waals surface area contributed by atoms with Crippen molar-refractivity contribution in [3.8, 4) is 0 Å². The molecule has 0 aromatic carbocycles. The summed E-state index contributed by atoms with van der Waals surface area (Å²) in [5.41, 5.74) is 0. The van der Waals surface area contributed by atoms with Crippen molar-refractivity contribution in [2.24, 2.45) is 0 Å². The summed E-state index contributed by atoms with van der Waals surface area (Å²) in [4.78, 5) is 2.10. The van der Waals surface area contributed by atoms with E-state index in [2.05, 4.69) is 11.8 Å². The van der Waals surface area contributed by atoms with Gasteiger partial charge in [0.1, 0.15) is 0 Å². The van der Waals surface area contributed by atoms with Gasteiger partial charge in [0, 0.05) is 19.7 Å². The average molecular weight is 184 g/mol. The van der Waals surface area contributed by atoms with Crippen LogP contribution in [-0.2, 0) is 4.74 Å². The van der Waals surface area contributed by atoms with Gasteiger partial charge in [-0.15, -0.1) is 0 Å². The van der Waals surface area contributed by atoms with Gasteiger partial charge in [0.15, 0.2) is 0 Å². The highest BCUT2D eigenvalue weighted by Gasteiger charge is 2.19. The third kappa shape index (κ3) is 3.35. The summed E-state index contributed by atoms with van der Waals surface area (Å²) >= 11 is 0. The van der Waals surface area contributed by atoms with Crippen LogP contribution >= 0.6 is 0 Å². The monoisotopic (exact) mass is 184 g/mol. The minimum absolute atomic E-state index is 0.356. The topological polar surface area (TPSA) is 36.3 Å². The molecule has 3 nitrogen and oxygen atoms in total. The Morgan fingerprint density at radius 2 is 2.38 bits per heavy atom. The van der Waals surface area contributed by atoms with Gasteiger partial charge in [-0.1, -0.05) is 6.92 Å². The maximum Gasteiger partial charge on any atom is 0.0926 e. The molecule has 0 aromatic heterocycles. The molecule has 13 heavy (non-hydrogen) atoms. The van der Waals surface area contributed by atoms with Crippen molar-refractivity contribution in [2.45, 2.75) is 39.2 Å². The van der Waals surface area contributed by atoms with Crippen LogP contribution in [0.15, 0.2) is 0 Å². The standard InChI is InChI=1S/C10H20N2O/c1-3-7-13-10-5-4-6-12(8-10)9(2)11/h10-11H,3-8H2,1-2H3. The molecule has 1 aliphatic rings. The van der Waals surface area contributed by atoms with Crippen LogP contribution in [0.4, 0.5) is 0 Å². The van der Waals surface area contributed by atoms with Gasteiger partial charge in [-0.25, -0.2) is 0 Å². The number of nitrogens with zero attached hydrogens (tertiary/aromatic N) is 1. The van der Waals surface area contributed by atoms with Crippen LogP contribution in [0.1, 0.15) is 33.1 Å². The van der Waals surface area contributed by atoms with Crippen LogP contribution < -0.4 is 0 Å². The third-order valence-corrected chi connectivity index (χ3v) is 2.41. The quantitative estimate of drug-likeness (QED) is 0.537. The number of hydrogen-bond donors (Lipinski definition) is 1. The summed E-state index contributed by atoms with van der Waals surface area (Å²) in [6, 6.07) is 0. The van der Waals surface area contributed by atoms with E-state index < -0.39 is 0 Å². The first-order valence-corrected chi connectivity index (χ1v) is 5.15. The first-order chi connectivity index (χ1) is 6.24. The van der Waals surface area contributed by atoms with Crippen molar-refractivity contribution in [3.05, 3.63) is 0 Å². The van der Waals surface area contributed by atoms with Gasteiger partial charge in [-0.2, -0.15) is 0 Å². The molecular formula is C10H20N2O. The number of rotatable bonds is 3. The lowest BCUT2D eigenvalue weighted by atomic mass is 10.1. The predicted molar refractivity (Wildman–Crippen MR) is 54.2 cm³/mol. The summed E-state index contributed by atoms with van der Waals surface area (Å²) in [7, 11) is 0. The molecule has 0 bridgehead atoms. The molecule has 0 aliphatic carbocycles. The van der Waals surface area contributed by atoms with E-state index in [1.165, 1.54) is 0 Å². The molecule has 1 fully saturated rings. The first-order valence-electron chi connectivity index (χ1n) is 5.15. The first kappa shape index (κ1) is 10.5. The van der Waals surface area contributed by atoms with E-state index >= 15 is 0 Å². The molecule has 0 aromatic rings. The van der Waals surface area contributed by atoms with Gasteiger partial charge in [0.05, 0.1) is 11.9 Å². The Bertz CT molecular complexity index is 170. The minimum Gasteiger partial charge on any atom is -0.376 e. The molecule has 3 heteroatoms. The lowest BCUT2D eigenvalue weighted by Crippen LogP contribution is -2.42. The fourth-order valence-electron chi connectivity index (χ4n) is 1.66. The summed E-state index contributed by atoms with van der Waals surface area (Å²) in [5.74, 6) is 0.671. The van der Waals surface area contributed by atoms with E-state index in [1.54, 1.807) is 0 Å². The summed E-state index contributed by atoms with van der Waals surface area (Å²) in [6.07, 6.45) is 3.75. The molecule has 1 saturated heterocycles. The number of piperidine rings is 1. The zero-order valence-electron chi connectivity index (χ0n) is 8.68. The maximum atomic E-state index is 7.53. The van der Waals surface area contributed by atoms with Crippen molar-refractivity contribution in [1.29, 1.82) is 5.41 Å². The zero-order valence-corrected chi connectivity index (χ0v) is 8.68. The van der Waals surface area contributed by atoms with Gasteiger partial charge in [-0.3, -0.25) is 5.41 Å². The summed E-state index contributed by atoms with van der Waals surface area (Å²) in [5, 5.41) is 7.53. The van der Waals surface area contributed by atoms with Crippen LogP contribution in [0.25, 0.3) is 0 Å². The Morgan fingerprint density at radius 1 is 1.62 bits per heavy atom. The van der Waals surface area contributed by atoms with Crippen molar-refractivity contribution >= 4 is 5.84 Å². The molecule has 1 rings (SSSR count). The normalized spacial score (nSPS) is 23.2. The lowest BCUT2D eigenvalue weighted by molar-refractivity contribution is 0.0163. The van der Waals surface area contributed by atoms with Crippen LogP contribution in [0.3, 0.4) is 0 Å². The molecule has 1 N–H and O–H groups in total. The highest BCUT2D eigenvalue weighted by Crippen LogP contribution is 2.13. The summed E-state index contributed by atoms with van der Waals surface area (Å²) in [6.45, 7) is 6.77. The SMILES string of the molecule is CCCOC1CCCN(C(C)=N)C1. The number of amidine groups is 1. The van der Waals surface area contributed by atoms with Crippen molar-refractivity contribution < 1.29 is 4.74 Å². The van der Waals surface area contributed by atoms with Gasteiger partial charge >= 0.3 is 0 Å². The second-order valence-electron chi connectivity index (χ2n) is 3.67. The molecular weight excluding hydrogens is 164 g/mol. The molecule has 0 spiro atoms. The van der Waals surface area contributed by atoms with Crippen LogP contribution in [0.5, 0.6) is 0 Å². The Hall–Kier alpha value is -0.570. The van der Waals surface area contributed by atoms with Gasteiger partial charge in [-0.05, 0) is 26.2 Å². The molecule has 1 heterocycles. The highest BCUT2D eigenvalue weighted by atomic mass is 16.5. The predicted octanol–water partition coefficient (Wildman–Crippen LogP) is 1.87. The highest BCUT2D eigenvalue weighted by molar-refractivity contribution is 5.76. The van der Waals surface area contributed by atoms with E-state index in [4.69, 9.17) is 10.1 Å². The number of nitrogens with one attached hydrogen (secondary N) is 1. The van der Waals surface area contributed by atoms with Crippen LogP contribution in [0, 0.1) is 5.41 Å². The molecule has 0 saturated carbocycles. The van der Waals surface area contributed by atoms with Crippen LogP contribution in [-0.4, -0.2) is 36.5 Å². The Labute approximate surface area is 80.6 Å². The summed E-state index contributed by atoms with van der Waals surface area (Å²) < 4.78 is 5.67. The Morgan fingerprint density at radius 3 is 3.00 bits per heavy atom. The molecule has 1 atom stereocenters.